The van der Waals surface area contributed by atoms with Gasteiger partial charge in [0.15, 0.2) is 0 Å². The first-order chi connectivity index (χ1) is 17.7. The Morgan fingerprint density at radius 2 is 1.89 bits per heavy atom. The Bertz CT molecular complexity index is 1420. The number of non-ortho nitro benzene ring substituents is 1. The number of urea groups is 1. The first-order valence-electron chi connectivity index (χ1n) is 11.5. The molecule has 37 heavy (non-hydrogen) atoms. The number of carbonyl (C=O) groups excluding carboxylic acids is 2. The van der Waals surface area contributed by atoms with Crippen molar-refractivity contribution in [2.75, 3.05) is 20.1 Å². The molecule has 4 rings (SSSR count). The normalized spacial score (nSPS) is 17.4. The Kier molecular flexibility index (Phi) is 7.18. The lowest BCUT2D eigenvalue weighted by molar-refractivity contribution is -0.385. The van der Waals surface area contributed by atoms with Gasteiger partial charge >= 0.3 is 12.0 Å². The molecule has 3 amide bonds. The predicted molar refractivity (Wildman–Crippen MR) is 133 cm³/mol. The molecule has 2 atom stereocenters. The third-order valence-corrected chi connectivity index (χ3v) is 6.21. The van der Waals surface area contributed by atoms with Gasteiger partial charge in [0.1, 0.15) is 11.6 Å². The fourth-order valence-electron chi connectivity index (χ4n) is 4.39. The molecule has 0 aliphatic carbocycles. The number of nitro groups is 1. The summed E-state index contributed by atoms with van der Waals surface area (Å²) in [6.45, 7) is 1.77. The topological polar surface area (TPSA) is 159 Å². The number of hydrogen-bond donors (Lipinski definition) is 1. The van der Waals surface area contributed by atoms with Gasteiger partial charge in [0.2, 0.25) is 0 Å². The molecule has 2 unspecified atom stereocenters. The summed E-state index contributed by atoms with van der Waals surface area (Å²) in [6.07, 6.45) is 1.71. The van der Waals surface area contributed by atoms with E-state index in [-0.39, 0.29) is 36.1 Å². The number of aliphatic imine (C=N–C) groups is 1. The van der Waals surface area contributed by atoms with Crippen molar-refractivity contribution < 1.29 is 24.4 Å². The highest BCUT2D eigenvalue weighted by Crippen LogP contribution is 2.35. The molecule has 2 aromatic carbocycles. The quantitative estimate of drug-likeness (QED) is 0.361. The van der Waals surface area contributed by atoms with Crippen LogP contribution in [-0.4, -0.2) is 73.6 Å². The molecular weight excluding hydrogens is 480 g/mol. The lowest BCUT2D eigenvalue weighted by Gasteiger charge is -2.38. The van der Waals surface area contributed by atoms with Crippen molar-refractivity contribution in [1.82, 2.24) is 19.8 Å². The molecule has 1 N–H and O–H groups in total. The Labute approximate surface area is 211 Å². The minimum absolute atomic E-state index is 0.0772. The second-order valence-corrected chi connectivity index (χ2v) is 8.67. The molecule has 12 heteroatoms. The zero-order valence-electron chi connectivity index (χ0n) is 20.1. The molecule has 1 aliphatic rings. The molecule has 0 saturated carbocycles. The number of fused-ring (bicyclic) bond motifs is 1. The van der Waals surface area contributed by atoms with E-state index in [1.165, 1.54) is 41.1 Å². The molecule has 0 fully saturated rings. The SMILES string of the molecule is CC1=NC(=O)N(CCCN(C)C(=O)c2cnc3ccccc3n2)C(c2cccc([N+](=O)[O-])c2)C1C(=O)O. The number of aromatic nitrogens is 2. The number of nitrogens with zero attached hydrogens (tertiary/aromatic N) is 6. The van der Waals surface area contributed by atoms with Crippen LogP contribution in [0.4, 0.5) is 10.5 Å². The Hall–Kier alpha value is -4.74. The molecule has 1 aliphatic heterocycles. The van der Waals surface area contributed by atoms with Crippen LogP contribution < -0.4 is 0 Å². The Morgan fingerprint density at radius 1 is 1.16 bits per heavy atom. The van der Waals surface area contributed by atoms with Crippen LogP contribution >= 0.6 is 0 Å². The van der Waals surface area contributed by atoms with Gasteiger partial charge < -0.3 is 14.9 Å². The van der Waals surface area contributed by atoms with Crippen molar-refractivity contribution in [2.45, 2.75) is 19.4 Å². The van der Waals surface area contributed by atoms with Crippen LogP contribution in [0.15, 0.2) is 59.7 Å². The summed E-state index contributed by atoms with van der Waals surface area (Å²) in [4.78, 5) is 63.8. The zero-order valence-corrected chi connectivity index (χ0v) is 20.1. The number of carboxylic acids is 1. The number of amides is 3. The second kappa shape index (κ2) is 10.5. The number of nitro benzene ring substituents is 1. The Balaban J connectivity index is 1.52. The van der Waals surface area contributed by atoms with Gasteiger partial charge in [0, 0.05) is 38.0 Å². The van der Waals surface area contributed by atoms with Crippen molar-refractivity contribution in [3.63, 3.8) is 0 Å². The van der Waals surface area contributed by atoms with Gasteiger partial charge in [-0.3, -0.25) is 24.7 Å². The van der Waals surface area contributed by atoms with E-state index >= 15 is 0 Å². The second-order valence-electron chi connectivity index (χ2n) is 8.67. The lowest BCUT2D eigenvalue weighted by Crippen LogP contribution is -2.47. The molecule has 1 aromatic heterocycles. The predicted octanol–water partition coefficient (Wildman–Crippen LogP) is 3.34. The third kappa shape index (κ3) is 5.27. The van der Waals surface area contributed by atoms with Crippen LogP contribution in [0.25, 0.3) is 11.0 Å². The zero-order chi connectivity index (χ0) is 26.7. The summed E-state index contributed by atoms with van der Waals surface area (Å²) in [5.74, 6) is -2.72. The van der Waals surface area contributed by atoms with Crippen LogP contribution in [0, 0.1) is 16.0 Å². The fraction of sp³-hybridized carbons (Fsp3) is 0.280. The van der Waals surface area contributed by atoms with Crippen LogP contribution in [0.1, 0.15) is 35.4 Å². The molecule has 190 valence electrons. The summed E-state index contributed by atoms with van der Waals surface area (Å²) >= 11 is 0. The van der Waals surface area contributed by atoms with Crippen molar-refractivity contribution in [1.29, 1.82) is 0 Å². The minimum atomic E-state index is -1.20. The molecule has 2 heterocycles. The largest absolute Gasteiger partial charge is 0.481 e. The van der Waals surface area contributed by atoms with Gasteiger partial charge in [-0.25, -0.2) is 14.8 Å². The number of hydrogen-bond acceptors (Lipinski definition) is 7. The van der Waals surface area contributed by atoms with Crippen LogP contribution in [-0.2, 0) is 4.79 Å². The van der Waals surface area contributed by atoms with Crippen molar-refractivity contribution in [2.24, 2.45) is 10.9 Å². The summed E-state index contributed by atoms with van der Waals surface area (Å²) in [5.41, 5.74) is 1.66. The van der Waals surface area contributed by atoms with E-state index in [4.69, 9.17) is 0 Å². The van der Waals surface area contributed by atoms with E-state index in [0.29, 0.717) is 23.0 Å². The van der Waals surface area contributed by atoms with E-state index in [2.05, 4.69) is 15.0 Å². The van der Waals surface area contributed by atoms with Crippen LogP contribution in [0.5, 0.6) is 0 Å². The number of benzene rings is 2. The Morgan fingerprint density at radius 3 is 2.59 bits per heavy atom. The van der Waals surface area contributed by atoms with Gasteiger partial charge in [-0.15, -0.1) is 0 Å². The van der Waals surface area contributed by atoms with E-state index in [9.17, 15) is 29.6 Å². The molecule has 0 spiro atoms. The highest BCUT2D eigenvalue weighted by Gasteiger charge is 2.42. The van der Waals surface area contributed by atoms with Crippen molar-refractivity contribution >= 4 is 40.3 Å². The summed E-state index contributed by atoms with van der Waals surface area (Å²) in [5, 5.41) is 21.2. The number of rotatable bonds is 8. The molecule has 3 aromatic rings. The number of carbonyl (C=O) groups is 3. The van der Waals surface area contributed by atoms with Gasteiger partial charge in [0.25, 0.3) is 11.6 Å². The summed E-state index contributed by atoms with van der Waals surface area (Å²) < 4.78 is 0. The highest BCUT2D eigenvalue weighted by molar-refractivity contribution is 6.07. The number of para-hydroxylation sites is 2. The van der Waals surface area contributed by atoms with E-state index in [0.717, 1.165) is 0 Å². The average Bonchev–Trinajstić information content (AvgIpc) is 2.88. The first kappa shape index (κ1) is 25.4. The number of carboxylic acid groups (broad SMARTS) is 1. The van der Waals surface area contributed by atoms with E-state index in [1.54, 1.807) is 31.3 Å². The van der Waals surface area contributed by atoms with Gasteiger partial charge in [-0.2, -0.15) is 0 Å². The summed E-state index contributed by atoms with van der Waals surface area (Å²) in [7, 11) is 1.59. The maximum Gasteiger partial charge on any atom is 0.344 e. The van der Waals surface area contributed by atoms with E-state index < -0.39 is 28.9 Å². The van der Waals surface area contributed by atoms with Crippen LogP contribution in [0.3, 0.4) is 0 Å². The van der Waals surface area contributed by atoms with Gasteiger partial charge in [-0.05, 0) is 31.0 Å². The monoisotopic (exact) mass is 504 g/mol. The molecule has 0 saturated heterocycles. The maximum absolute atomic E-state index is 12.9. The molecular formula is C25H24N6O6. The maximum atomic E-state index is 12.9. The molecule has 12 nitrogen and oxygen atoms in total. The number of aliphatic carboxylic acids is 1. The lowest BCUT2D eigenvalue weighted by atomic mass is 9.86. The smallest absolute Gasteiger partial charge is 0.344 e. The van der Waals surface area contributed by atoms with Gasteiger partial charge in [-0.1, -0.05) is 24.3 Å². The average molecular weight is 505 g/mol. The highest BCUT2D eigenvalue weighted by atomic mass is 16.6. The van der Waals surface area contributed by atoms with Gasteiger partial charge in [0.05, 0.1) is 28.2 Å². The first-order valence-corrected chi connectivity index (χ1v) is 11.5. The minimum Gasteiger partial charge on any atom is -0.481 e. The third-order valence-electron chi connectivity index (χ3n) is 6.21. The van der Waals surface area contributed by atoms with Crippen molar-refractivity contribution in [3.8, 4) is 0 Å². The van der Waals surface area contributed by atoms with Crippen molar-refractivity contribution in [3.05, 3.63) is 76.1 Å². The van der Waals surface area contributed by atoms with E-state index in [1.807, 2.05) is 6.07 Å². The molecule has 0 bridgehead atoms. The fourth-order valence-corrected chi connectivity index (χ4v) is 4.39. The molecule has 0 radical (unpaired) electrons. The standard InChI is InChI=1S/C25H24N6O6/c1-15-21(24(33)34)22(16-7-5-8-17(13-16)31(36)37)30(25(35)27-15)12-6-11-29(2)23(32)20-14-26-18-9-3-4-10-19(18)28-20/h3-5,7-10,13-14,21-22H,6,11-12H2,1-2H3,(H,33,34). The van der Waals surface area contributed by atoms with Crippen LogP contribution in [0.2, 0.25) is 0 Å². The summed E-state index contributed by atoms with van der Waals surface area (Å²) in [6, 6.07) is 11.1.